The molecule has 7 heteroatoms. The van der Waals surface area contributed by atoms with Crippen LogP contribution < -0.4 is 10.6 Å². The third kappa shape index (κ3) is 6.09. The highest BCUT2D eigenvalue weighted by atomic mass is 16.2. The largest absolute Gasteiger partial charge is 0.359 e. The molecule has 2 aromatic heterocycles. The van der Waals surface area contributed by atoms with Crippen molar-refractivity contribution < 1.29 is 14.4 Å². The van der Waals surface area contributed by atoms with Gasteiger partial charge in [-0.3, -0.25) is 14.4 Å². The second-order valence-electron chi connectivity index (χ2n) is 10.1. The van der Waals surface area contributed by atoms with Crippen LogP contribution in [0.1, 0.15) is 61.0 Å². The normalized spacial score (nSPS) is 13.9. The molecule has 7 nitrogen and oxygen atoms in total. The third-order valence-corrected chi connectivity index (χ3v) is 6.84. The molecule has 39 heavy (non-hydrogen) atoms. The molecule has 0 unspecified atom stereocenters. The summed E-state index contributed by atoms with van der Waals surface area (Å²) < 4.78 is 0. The highest BCUT2D eigenvalue weighted by Crippen LogP contribution is 2.35. The molecule has 4 aromatic rings. The summed E-state index contributed by atoms with van der Waals surface area (Å²) in [5.74, 6) is 0.0743. The number of amides is 2. The van der Waals surface area contributed by atoms with Gasteiger partial charge >= 0.3 is 0 Å². The van der Waals surface area contributed by atoms with E-state index in [4.69, 9.17) is 0 Å². The first-order chi connectivity index (χ1) is 18.6. The first-order valence-electron chi connectivity index (χ1n) is 12.9. The minimum atomic E-state index is -0.0315. The molecule has 0 bridgehead atoms. The van der Waals surface area contributed by atoms with Gasteiger partial charge in [-0.2, -0.15) is 0 Å². The number of aromatic amines is 2. The van der Waals surface area contributed by atoms with Crippen molar-refractivity contribution >= 4 is 41.1 Å². The van der Waals surface area contributed by atoms with Crippen LogP contribution in [0.5, 0.6) is 0 Å². The van der Waals surface area contributed by atoms with Crippen molar-refractivity contribution in [1.29, 1.82) is 0 Å². The van der Waals surface area contributed by atoms with Crippen molar-refractivity contribution in [3.63, 3.8) is 0 Å². The zero-order valence-corrected chi connectivity index (χ0v) is 23.2. The molecule has 2 aliphatic heterocycles. The molecule has 2 aromatic carbocycles. The minimum absolute atomic E-state index is 0.0315. The van der Waals surface area contributed by atoms with Crippen LogP contribution in [0.4, 0.5) is 11.4 Å². The Morgan fingerprint density at radius 2 is 1.28 bits per heavy atom. The Balaban J connectivity index is 0.000000149. The highest BCUT2D eigenvalue weighted by Gasteiger charge is 2.25. The molecule has 0 saturated heterocycles. The highest BCUT2D eigenvalue weighted by molar-refractivity contribution is 6.35. The summed E-state index contributed by atoms with van der Waals surface area (Å²) in [5, 5.41) is 5.71. The predicted molar refractivity (Wildman–Crippen MR) is 157 cm³/mol. The van der Waals surface area contributed by atoms with Gasteiger partial charge in [-0.15, -0.1) is 0 Å². The summed E-state index contributed by atoms with van der Waals surface area (Å²) in [7, 11) is 0. The minimum Gasteiger partial charge on any atom is -0.359 e. The third-order valence-electron chi connectivity index (χ3n) is 6.84. The van der Waals surface area contributed by atoms with Gasteiger partial charge in [0.05, 0.1) is 17.7 Å². The van der Waals surface area contributed by atoms with E-state index in [-0.39, 0.29) is 11.8 Å². The lowest BCUT2D eigenvalue weighted by atomic mass is 10.0. The number of rotatable bonds is 2. The second kappa shape index (κ2) is 11.4. The van der Waals surface area contributed by atoms with E-state index < -0.39 is 0 Å². The van der Waals surface area contributed by atoms with Gasteiger partial charge in [0.15, 0.2) is 6.29 Å². The van der Waals surface area contributed by atoms with E-state index >= 15 is 0 Å². The van der Waals surface area contributed by atoms with Gasteiger partial charge in [-0.25, -0.2) is 0 Å². The molecular formula is C32H34N4O3. The fraction of sp³-hybridized carbons (Fsp3) is 0.219. The fourth-order valence-electron chi connectivity index (χ4n) is 4.90. The topological polar surface area (TPSA) is 107 Å². The van der Waals surface area contributed by atoms with Crippen LogP contribution in [-0.4, -0.2) is 28.1 Å². The van der Waals surface area contributed by atoms with Crippen LogP contribution in [0.2, 0.25) is 0 Å². The summed E-state index contributed by atoms with van der Waals surface area (Å²) in [4.78, 5) is 39.5. The summed E-state index contributed by atoms with van der Waals surface area (Å²) in [6, 6.07) is 15.9. The van der Waals surface area contributed by atoms with Crippen molar-refractivity contribution in [1.82, 2.24) is 9.97 Å². The molecular weight excluding hydrogens is 488 g/mol. The average Bonchev–Trinajstić information content (AvgIpc) is 3.60. The monoisotopic (exact) mass is 522 g/mol. The first-order valence-corrected chi connectivity index (χ1v) is 12.9. The quantitative estimate of drug-likeness (QED) is 0.182. The van der Waals surface area contributed by atoms with E-state index in [9.17, 15) is 14.4 Å². The number of aryl methyl sites for hydroxylation is 6. The summed E-state index contributed by atoms with van der Waals surface area (Å²) in [6.45, 7) is 12.0. The number of nitrogens with one attached hydrogen (secondary N) is 4. The lowest BCUT2D eigenvalue weighted by Crippen LogP contribution is -2.03. The number of aromatic nitrogens is 2. The van der Waals surface area contributed by atoms with Gasteiger partial charge in [0, 0.05) is 34.0 Å². The van der Waals surface area contributed by atoms with E-state index in [2.05, 4.69) is 26.7 Å². The molecule has 0 fully saturated rings. The van der Waals surface area contributed by atoms with Gasteiger partial charge in [0.2, 0.25) is 5.91 Å². The molecule has 0 radical (unpaired) electrons. The van der Waals surface area contributed by atoms with Crippen LogP contribution >= 0.6 is 0 Å². The van der Waals surface area contributed by atoms with Crippen LogP contribution in [0.3, 0.4) is 0 Å². The summed E-state index contributed by atoms with van der Waals surface area (Å²) in [5.41, 5.74) is 13.1. The van der Waals surface area contributed by atoms with Crippen LogP contribution in [0.25, 0.3) is 11.6 Å². The fourth-order valence-corrected chi connectivity index (χ4v) is 4.90. The second-order valence-corrected chi connectivity index (χ2v) is 10.1. The van der Waals surface area contributed by atoms with Gasteiger partial charge < -0.3 is 20.6 Å². The SMILES string of the molecule is Cc1cc(C)c(/C=C2\C(=O)Nc3cccc(C)c32)[nH]1.Cc1cc(C)c(C=O)[nH]1.Cc1cccc2c1CC(=O)N2. The van der Waals surface area contributed by atoms with Crippen molar-refractivity contribution in [3.8, 4) is 0 Å². The maximum Gasteiger partial charge on any atom is 0.256 e. The molecule has 0 saturated carbocycles. The molecule has 6 rings (SSSR count). The lowest BCUT2D eigenvalue weighted by Gasteiger charge is -2.02. The van der Waals surface area contributed by atoms with Crippen LogP contribution in [-0.2, 0) is 16.0 Å². The van der Waals surface area contributed by atoms with Crippen molar-refractivity contribution in [2.45, 2.75) is 48.0 Å². The van der Waals surface area contributed by atoms with Crippen molar-refractivity contribution in [2.24, 2.45) is 0 Å². The zero-order valence-electron chi connectivity index (χ0n) is 23.2. The van der Waals surface area contributed by atoms with Gasteiger partial charge in [-0.1, -0.05) is 24.3 Å². The maximum absolute atomic E-state index is 12.1. The van der Waals surface area contributed by atoms with E-state index in [1.54, 1.807) is 0 Å². The molecule has 200 valence electrons. The van der Waals surface area contributed by atoms with Crippen LogP contribution in [0, 0.1) is 41.5 Å². The van der Waals surface area contributed by atoms with Crippen molar-refractivity contribution in [3.05, 3.63) is 105 Å². The summed E-state index contributed by atoms with van der Waals surface area (Å²) >= 11 is 0. The van der Waals surface area contributed by atoms with Crippen LogP contribution in [0.15, 0.2) is 48.5 Å². The van der Waals surface area contributed by atoms with E-state index in [1.165, 1.54) is 5.56 Å². The number of benzene rings is 2. The molecule has 0 atom stereocenters. The number of carbonyl (C=O) groups is 3. The molecule has 4 heterocycles. The predicted octanol–water partition coefficient (Wildman–Crippen LogP) is 6.37. The average molecular weight is 523 g/mol. The molecule has 2 aliphatic rings. The lowest BCUT2D eigenvalue weighted by molar-refractivity contribution is -0.115. The number of hydrogen-bond acceptors (Lipinski definition) is 3. The molecule has 4 N–H and O–H groups in total. The molecule has 0 spiro atoms. The molecule has 2 amide bonds. The number of fused-ring (bicyclic) bond motifs is 2. The number of carbonyl (C=O) groups excluding carboxylic acids is 3. The Morgan fingerprint density at radius 3 is 1.82 bits per heavy atom. The molecule has 0 aliphatic carbocycles. The van der Waals surface area contributed by atoms with Gasteiger partial charge in [0.25, 0.3) is 5.91 Å². The van der Waals surface area contributed by atoms with Gasteiger partial charge in [0.1, 0.15) is 0 Å². The van der Waals surface area contributed by atoms with E-state index in [0.717, 1.165) is 68.1 Å². The maximum atomic E-state index is 12.1. The van der Waals surface area contributed by atoms with E-state index in [1.807, 2.05) is 90.1 Å². The first kappa shape index (κ1) is 27.4. The number of hydrogen-bond donors (Lipinski definition) is 4. The number of aldehydes is 1. The zero-order chi connectivity index (χ0) is 28.3. The van der Waals surface area contributed by atoms with Crippen molar-refractivity contribution in [2.75, 3.05) is 10.6 Å². The standard InChI is InChI=1S/C16H16N2O.C9H9NO.C7H9NO/c1-9-5-4-6-13-15(9)12(16(19)18-13)8-14-10(2)7-11(3)17-14;1-6-3-2-4-8-7(6)5-9(11)10-8;1-5-3-6(2)8-7(5)4-9/h4-8,17H,1-3H3,(H,18,19);2-4H,5H2,1H3,(H,10,11);3-4,8H,1-2H3/b12-8-;;. The number of H-pyrrole nitrogens is 2. The Morgan fingerprint density at radius 1 is 0.692 bits per heavy atom. The van der Waals surface area contributed by atoms with E-state index in [0.29, 0.717) is 12.1 Å². The van der Waals surface area contributed by atoms with Gasteiger partial charge in [-0.05, 0) is 99.7 Å². The Bertz CT molecular complexity index is 1600. The Kier molecular flexibility index (Phi) is 8.00. The summed E-state index contributed by atoms with van der Waals surface area (Å²) in [6.07, 6.45) is 3.32. The smallest absolute Gasteiger partial charge is 0.256 e. The number of anilines is 2. The Labute approximate surface area is 228 Å². The Hall–Kier alpha value is -4.65.